The van der Waals surface area contributed by atoms with Crippen molar-refractivity contribution in [1.29, 1.82) is 0 Å². The lowest BCUT2D eigenvalue weighted by atomic mass is 9.98. The van der Waals surface area contributed by atoms with Gasteiger partial charge in [-0.1, -0.05) is 17.3 Å². The first-order valence-corrected chi connectivity index (χ1v) is 7.61. The minimum Gasteiger partial charge on any atom is -0.493 e. The Bertz CT molecular complexity index is 878. The molecular weight excluding hydrogens is 296 g/mol. The Morgan fingerprint density at radius 2 is 2.17 bits per heavy atom. The molecule has 0 saturated heterocycles. The zero-order valence-electron chi connectivity index (χ0n) is 12.7. The van der Waals surface area contributed by atoms with Crippen LogP contribution >= 0.6 is 0 Å². The van der Waals surface area contributed by atoms with Crippen LogP contribution in [0, 0.1) is 0 Å². The van der Waals surface area contributed by atoms with E-state index in [9.17, 15) is 4.79 Å². The molecule has 0 saturated carbocycles. The van der Waals surface area contributed by atoms with Gasteiger partial charge in [-0.3, -0.25) is 10.1 Å². The minimum atomic E-state index is -0.354. The average Bonchev–Trinajstić information content (AvgIpc) is 3.19. The number of nitrogens with one attached hydrogen (secondary N) is 1. The van der Waals surface area contributed by atoms with Gasteiger partial charge in [0.05, 0.1) is 12.8 Å². The zero-order valence-corrected chi connectivity index (χ0v) is 12.7. The van der Waals surface area contributed by atoms with Crippen LogP contribution in [0.4, 0.5) is 5.88 Å². The van der Waals surface area contributed by atoms with Gasteiger partial charge in [-0.25, -0.2) is 0 Å². The molecule has 1 N–H and O–H groups in total. The number of nitrogens with zero attached hydrogens (tertiary/aromatic N) is 1. The van der Waals surface area contributed by atoms with E-state index in [1.807, 2.05) is 12.1 Å². The van der Waals surface area contributed by atoms with Crippen LogP contribution < -0.4 is 10.1 Å². The maximum Gasteiger partial charge on any atom is 0.293 e. The molecule has 0 spiro atoms. The molecule has 2 heterocycles. The summed E-state index contributed by atoms with van der Waals surface area (Å²) in [4.78, 5) is 12.4. The lowest BCUT2D eigenvalue weighted by molar-refractivity contribution is 0.0995. The third-order valence-electron chi connectivity index (χ3n) is 4.14. The topological polar surface area (TPSA) is 77.5 Å². The van der Waals surface area contributed by atoms with E-state index >= 15 is 0 Å². The highest BCUT2D eigenvalue weighted by atomic mass is 16.5. The number of fused-ring (bicyclic) bond motifs is 2. The van der Waals surface area contributed by atoms with Gasteiger partial charge >= 0.3 is 0 Å². The van der Waals surface area contributed by atoms with Crippen molar-refractivity contribution in [2.45, 2.75) is 25.7 Å². The minimum absolute atomic E-state index is 0.213. The average molecular weight is 312 g/mol. The van der Waals surface area contributed by atoms with Crippen LogP contribution in [-0.2, 0) is 12.8 Å². The Morgan fingerprint density at radius 3 is 3.04 bits per heavy atom. The summed E-state index contributed by atoms with van der Waals surface area (Å²) in [5.74, 6) is 0.883. The van der Waals surface area contributed by atoms with E-state index < -0.39 is 0 Å². The second kappa shape index (κ2) is 5.46. The molecule has 0 bridgehead atoms. The van der Waals surface area contributed by atoms with E-state index in [1.54, 1.807) is 19.2 Å². The second-order valence-electron chi connectivity index (χ2n) is 5.59. The first-order valence-electron chi connectivity index (χ1n) is 7.61. The van der Waals surface area contributed by atoms with Gasteiger partial charge in [0.1, 0.15) is 0 Å². The fourth-order valence-electron chi connectivity index (χ4n) is 2.96. The first-order chi connectivity index (χ1) is 11.3. The van der Waals surface area contributed by atoms with Crippen molar-refractivity contribution in [2.75, 3.05) is 12.4 Å². The maximum absolute atomic E-state index is 12.4. The van der Waals surface area contributed by atoms with Crippen molar-refractivity contribution < 1.29 is 18.5 Å². The number of furan rings is 1. The number of aryl methyl sites for hydroxylation is 1. The van der Waals surface area contributed by atoms with Crippen molar-refractivity contribution >= 4 is 22.8 Å². The summed E-state index contributed by atoms with van der Waals surface area (Å²) in [5, 5.41) is 7.61. The highest BCUT2D eigenvalue weighted by Crippen LogP contribution is 2.30. The predicted molar refractivity (Wildman–Crippen MR) is 83.9 cm³/mol. The number of para-hydroxylation sites is 1. The number of hydrogen-bond acceptors (Lipinski definition) is 5. The smallest absolute Gasteiger partial charge is 0.293 e. The number of hydrogen-bond donors (Lipinski definition) is 1. The Balaban J connectivity index is 1.63. The number of methoxy groups -OCH3 is 1. The van der Waals surface area contributed by atoms with Gasteiger partial charge in [-0.2, -0.15) is 0 Å². The summed E-state index contributed by atoms with van der Waals surface area (Å²) < 4.78 is 16.2. The van der Waals surface area contributed by atoms with Gasteiger partial charge in [0.25, 0.3) is 5.91 Å². The summed E-state index contributed by atoms with van der Waals surface area (Å²) in [6.07, 6.45) is 3.97. The number of aromatic nitrogens is 1. The number of anilines is 1. The Labute approximate surface area is 132 Å². The van der Waals surface area contributed by atoms with Gasteiger partial charge in [-0.15, -0.1) is 0 Å². The highest BCUT2D eigenvalue weighted by molar-refractivity contribution is 6.04. The quantitative estimate of drug-likeness (QED) is 0.800. The van der Waals surface area contributed by atoms with E-state index in [-0.39, 0.29) is 11.7 Å². The largest absolute Gasteiger partial charge is 0.493 e. The van der Waals surface area contributed by atoms with Crippen LogP contribution in [0.1, 0.15) is 34.7 Å². The number of benzene rings is 1. The van der Waals surface area contributed by atoms with E-state index in [0.717, 1.165) is 42.3 Å². The molecule has 3 aromatic rings. The second-order valence-corrected chi connectivity index (χ2v) is 5.59. The van der Waals surface area contributed by atoms with Gasteiger partial charge in [0, 0.05) is 10.9 Å². The fourth-order valence-corrected chi connectivity index (χ4v) is 2.96. The number of ether oxygens (including phenoxy) is 1. The van der Waals surface area contributed by atoms with Crippen molar-refractivity contribution in [2.24, 2.45) is 0 Å². The third-order valence-corrected chi connectivity index (χ3v) is 4.14. The lowest BCUT2D eigenvalue weighted by Gasteiger charge is -2.08. The molecule has 23 heavy (non-hydrogen) atoms. The number of amides is 1. The zero-order chi connectivity index (χ0) is 15.8. The molecule has 2 aromatic heterocycles. The molecule has 0 fully saturated rings. The van der Waals surface area contributed by atoms with E-state index in [1.165, 1.54) is 0 Å². The van der Waals surface area contributed by atoms with Crippen molar-refractivity contribution in [3.05, 3.63) is 41.3 Å². The van der Waals surface area contributed by atoms with Crippen LogP contribution in [0.3, 0.4) is 0 Å². The Hall–Kier alpha value is -2.76. The van der Waals surface area contributed by atoms with E-state index in [2.05, 4.69) is 10.5 Å². The van der Waals surface area contributed by atoms with Gasteiger partial charge in [-0.05, 0) is 37.8 Å². The molecule has 0 atom stereocenters. The summed E-state index contributed by atoms with van der Waals surface area (Å²) >= 11 is 0. The highest BCUT2D eigenvalue weighted by Gasteiger charge is 2.22. The van der Waals surface area contributed by atoms with Crippen LogP contribution in [0.5, 0.6) is 5.75 Å². The number of carbonyl (C=O) groups is 1. The van der Waals surface area contributed by atoms with Gasteiger partial charge in [0.2, 0.25) is 5.88 Å². The van der Waals surface area contributed by atoms with Crippen molar-refractivity contribution in [1.82, 2.24) is 5.16 Å². The third kappa shape index (κ3) is 2.36. The SMILES string of the molecule is COc1cccc2cc(C(=O)Nc3onc4c3CCCC4)oc12. The standard InChI is InChI=1S/C17H16N2O4/c1-21-13-8-4-5-10-9-14(22-15(10)13)16(20)18-17-11-6-2-3-7-12(11)19-23-17/h4-5,8-9H,2-3,6-7H2,1H3,(H,18,20). The number of rotatable bonds is 3. The molecule has 0 radical (unpaired) electrons. The molecule has 4 rings (SSSR count). The number of carbonyl (C=O) groups excluding carboxylic acids is 1. The monoisotopic (exact) mass is 312 g/mol. The normalized spacial score (nSPS) is 13.8. The summed E-state index contributed by atoms with van der Waals surface area (Å²) in [5.41, 5.74) is 2.50. The Morgan fingerprint density at radius 1 is 1.30 bits per heavy atom. The molecule has 6 nitrogen and oxygen atoms in total. The Kier molecular flexibility index (Phi) is 3.29. The van der Waals surface area contributed by atoms with E-state index in [0.29, 0.717) is 17.2 Å². The summed E-state index contributed by atoms with van der Waals surface area (Å²) in [7, 11) is 1.57. The lowest BCUT2D eigenvalue weighted by Crippen LogP contribution is -2.12. The van der Waals surface area contributed by atoms with Crippen LogP contribution in [0.25, 0.3) is 11.0 Å². The molecular formula is C17H16N2O4. The van der Waals surface area contributed by atoms with Crippen LogP contribution in [0.2, 0.25) is 0 Å². The maximum atomic E-state index is 12.4. The molecule has 1 aromatic carbocycles. The molecule has 6 heteroatoms. The predicted octanol–water partition coefficient (Wildman–Crippen LogP) is 3.56. The molecule has 0 aliphatic heterocycles. The fraction of sp³-hybridized carbons (Fsp3) is 0.294. The van der Waals surface area contributed by atoms with Crippen LogP contribution in [-0.4, -0.2) is 18.2 Å². The van der Waals surface area contributed by atoms with Gasteiger partial charge < -0.3 is 13.7 Å². The molecule has 1 aliphatic carbocycles. The molecule has 1 amide bonds. The molecule has 118 valence electrons. The summed E-state index contributed by atoms with van der Waals surface area (Å²) in [6.45, 7) is 0. The summed E-state index contributed by atoms with van der Waals surface area (Å²) in [6, 6.07) is 7.20. The first kappa shape index (κ1) is 13.9. The molecule has 1 aliphatic rings. The van der Waals surface area contributed by atoms with Crippen LogP contribution in [0.15, 0.2) is 33.2 Å². The van der Waals surface area contributed by atoms with E-state index in [4.69, 9.17) is 13.7 Å². The molecule has 0 unspecified atom stereocenters. The van der Waals surface area contributed by atoms with Crippen molar-refractivity contribution in [3.8, 4) is 5.75 Å². The van der Waals surface area contributed by atoms with Crippen molar-refractivity contribution in [3.63, 3.8) is 0 Å². The van der Waals surface area contributed by atoms with Gasteiger partial charge in [0.15, 0.2) is 17.1 Å².